The standard InChI is InChI=1S/C4H12N2O2/c1-2-6(8)5-3-4-7/h5,7-8H,2-4H2,1H3. The van der Waals surface area contributed by atoms with E-state index >= 15 is 0 Å². The summed E-state index contributed by atoms with van der Waals surface area (Å²) in [5, 5.41) is 17.7. The van der Waals surface area contributed by atoms with Crippen LogP contribution in [0.15, 0.2) is 0 Å². The average molecular weight is 120 g/mol. The third kappa shape index (κ3) is 4.01. The molecule has 4 nitrogen and oxygen atoms in total. The Morgan fingerprint density at radius 2 is 2.25 bits per heavy atom. The Balaban J connectivity index is 2.86. The SMILES string of the molecule is CCN(O)NCCO. The van der Waals surface area contributed by atoms with Gasteiger partial charge < -0.3 is 5.11 Å². The Morgan fingerprint density at radius 1 is 1.62 bits per heavy atom. The zero-order valence-electron chi connectivity index (χ0n) is 4.96. The van der Waals surface area contributed by atoms with Crippen LogP contribution < -0.4 is 5.43 Å². The summed E-state index contributed by atoms with van der Waals surface area (Å²) in [4.78, 5) is 0. The summed E-state index contributed by atoms with van der Waals surface area (Å²) in [6, 6.07) is 0. The van der Waals surface area contributed by atoms with Crippen molar-refractivity contribution in [3.8, 4) is 0 Å². The molecule has 8 heavy (non-hydrogen) atoms. The highest BCUT2D eigenvalue weighted by Gasteiger charge is 1.89. The number of hydrogen-bond donors (Lipinski definition) is 3. The smallest absolute Gasteiger partial charge is 0.0570 e. The van der Waals surface area contributed by atoms with Crippen molar-refractivity contribution >= 4 is 0 Å². The average Bonchev–Trinajstić information content (AvgIpc) is 1.83. The van der Waals surface area contributed by atoms with E-state index in [9.17, 15) is 0 Å². The van der Waals surface area contributed by atoms with Crippen molar-refractivity contribution in [3.63, 3.8) is 0 Å². The molecule has 0 aromatic carbocycles. The monoisotopic (exact) mass is 120 g/mol. The van der Waals surface area contributed by atoms with E-state index < -0.39 is 0 Å². The van der Waals surface area contributed by atoms with Gasteiger partial charge in [-0.05, 0) is 6.92 Å². The van der Waals surface area contributed by atoms with Crippen LogP contribution in [-0.2, 0) is 0 Å². The lowest BCUT2D eigenvalue weighted by Gasteiger charge is -2.11. The van der Waals surface area contributed by atoms with E-state index in [4.69, 9.17) is 10.3 Å². The largest absolute Gasteiger partial charge is 0.395 e. The molecule has 0 radical (unpaired) electrons. The normalized spacial score (nSPS) is 10.5. The van der Waals surface area contributed by atoms with Gasteiger partial charge >= 0.3 is 0 Å². The lowest BCUT2D eigenvalue weighted by atomic mass is 10.7. The fraction of sp³-hybridized carbons (Fsp3) is 1.00. The molecule has 0 saturated heterocycles. The van der Waals surface area contributed by atoms with Crippen LogP contribution in [0.5, 0.6) is 0 Å². The maximum absolute atomic E-state index is 8.60. The van der Waals surface area contributed by atoms with Crippen LogP contribution in [0.2, 0.25) is 0 Å². The number of nitrogens with zero attached hydrogens (tertiary/aromatic N) is 1. The van der Waals surface area contributed by atoms with Crippen LogP contribution in [0, 0.1) is 0 Å². The quantitative estimate of drug-likeness (QED) is 0.425. The van der Waals surface area contributed by atoms with Gasteiger partial charge in [0.15, 0.2) is 0 Å². The first kappa shape index (κ1) is 7.84. The summed E-state index contributed by atoms with van der Waals surface area (Å²) in [7, 11) is 0. The van der Waals surface area contributed by atoms with E-state index in [-0.39, 0.29) is 6.61 Å². The molecule has 3 N–H and O–H groups in total. The Morgan fingerprint density at radius 3 is 2.62 bits per heavy atom. The number of nitrogens with one attached hydrogen (secondary N) is 1. The second kappa shape index (κ2) is 4.99. The van der Waals surface area contributed by atoms with Crippen LogP contribution in [0.4, 0.5) is 0 Å². The van der Waals surface area contributed by atoms with Crippen LogP contribution in [0.3, 0.4) is 0 Å². The van der Waals surface area contributed by atoms with Crippen LogP contribution >= 0.6 is 0 Å². The molecule has 0 heterocycles. The van der Waals surface area contributed by atoms with E-state index in [1.54, 1.807) is 6.92 Å². The maximum atomic E-state index is 8.60. The summed E-state index contributed by atoms with van der Waals surface area (Å²) in [6.07, 6.45) is 0. The van der Waals surface area contributed by atoms with Crippen molar-refractivity contribution in [2.75, 3.05) is 19.7 Å². The number of aliphatic hydroxyl groups is 1. The first-order chi connectivity index (χ1) is 3.81. The van der Waals surface area contributed by atoms with Gasteiger partial charge in [-0.3, -0.25) is 5.21 Å². The summed E-state index contributed by atoms with van der Waals surface area (Å²) in [6.45, 7) is 2.74. The van der Waals surface area contributed by atoms with Gasteiger partial charge in [-0.1, -0.05) is 0 Å². The Labute approximate surface area is 48.7 Å². The van der Waals surface area contributed by atoms with Crippen LogP contribution in [0.1, 0.15) is 6.92 Å². The zero-order chi connectivity index (χ0) is 6.41. The number of hydrazine groups is 1. The molecular weight excluding hydrogens is 108 g/mol. The fourth-order valence-corrected chi connectivity index (χ4v) is 0.291. The molecule has 50 valence electrons. The number of aliphatic hydroxyl groups excluding tert-OH is 1. The molecule has 0 fully saturated rings. The molecule has 0 unspecified atom stereocenters. The van der Waals surface area contributed by atoms with Crippen molar-refractivity contribution in [3.05, 3.63) is 0 Å². The molecule has 0 bridgehead atoms. The molecule has 0 amide bonds. The topological polar surface area (TPSA) is 55.7 Å². The second-order valence-electron chi connectivity index (χ2n) is 1.35. The van der Waals surface area contributed by atoms with Crippen molar-refractivity contribution < 1.29 is 10.3 Å². The van der Waals surface area contributed by atoms with E-state index in [0.29, 0.717) is 13.1 Å². The molecule has 0 aromatic heterocycles. The summed E-state index contributed by atoms with van der Waals surface area (Å²) in [5.41, 5.74) is 2.52. The highest BCUT2D eigenvalue weighted by atomic mass is 16.5. The number of hydroxylamine groups is 1. The van der Waals surface area contributed by atoms with E-state index in [1.165, 1.54) is 0 Å². The Kier molecular flexibility index (Phi) is 4.89. The minimum Gasteiger partial charge on any atom is -0.395 e. The van der Waals surface area contributed by atoms with Gasteiger partial charge in [0, 0.05) is 13.1 Å². The van der Waals surface area contributed by atoms with Gasteiger partial charge in [-0.25, -0.2) is 5.43 Å². The van der Waals surface area contributed by atoms with Crippen molar-refractivity contribution in [2.45, 2.75) is 6.92 Å². The van der Waals surface area contributed by atoms with Crippen LogP contribution in [0.25, 0.3) is 0 Å². The lowest BCUT2D eigenvalue weighted by Crippen LogP contribution is -2.36. The molecule has 0 aliphatic carbocycles. The summed E-state index contributed by atoms with van der Waals surface area (Å²) < 4.78 is 0. The molecule has 0 aliphatic heterocycles. The first-order valence-electron chi connectivity index (χ1n) is 2.62. The maximum Gasteiger partial charge on any atom is 0.0570 e. The molecule has 0 aliphatic rings. The fourth-order valence-electron chi connectivity index (χ4n) is 0.291. The second-order valence-corrected chi connectivity index (χ2v) is 1.35. The van der Waals surface area contributed by atoms with Gasteiger partial charge in [0.2, 0.25) is 0 Å². The summed E-state index contributed by atoms with van der Waals surface area (Å²) in [5.74, 6) is 0. The molecule has 0 spiro atoms. The predicted octanol–water partition coefficient (Wildman–Crippen LogP) is -0.806. The minimum absolute atomic E-state index is 0.0388. The molecule has 0 saturated carbocycles. The van der Waals surface area contributed by atoms with Crippen molar-refractivity contribution in [1.82, 2.24) is 10.6 Å². The van der Waals surface area contributed by atoms with Gasteiger partial charge in [0.1, 0.15) is 0 Å². The third-order valence-corrected chi connectivity index (χ3v) is 0.706. The Hall–Kier alpha value is -0.160. The highest BCUT2D eigenvalue weighted by Crippen LogP contribution is 1.68. The zero-order valence-corrected chi connectivity index (χ0v) is 4.96. The molecular formula is C4H12N2O2. The van der Waals surface area contributed by atoms with E-state index in [1.807, 2.05) is 0 Å². The summed E-state index contributed by atoms with van der Waals surface area (Å²) >= 11 is 0. The van der Waals surface area contributed by atoms with Gasteiger partial charge in [0.25, 0.3) is 0 Å². The van der Waals surface area contributed by atoms with E-state index in [2.05, 4.69) is 5.43 Å². The minimum atomic E-state index is 0.0388. The van der Waals surface area contributed by atoms with Gasteiger partial charge in [-0.15, -0.1) is 5.17 Å². The van der Waals surface area contributed by atoms with E-state index in [0.717, 1.165) is 5.17 Å². The number of hydrogen-bond acceptors (Lipinski definition) is 4. The highest BCUT2D eigenvalue weighted by molar-refractivity contribution is 4.31. The first-order valence-corrected chi connectivity index (χ1v) is 2.62. The molecule has 0 aromatic rings. The third-order valence-electron chi connectivity index (χ3n) is 0.706. The van der Waals surface area contributed by atoms with Gasteiger partial charge in [-0.2, -0.15) is 0 Å². The predicted molar refractivity (Wildman–Crippen MR) is 29.3 cm³/mol. The Bertz CT molecular complexity index is 51.3. The number of rotatable bonds is 4. The van der Waals surface area contributed by atoms with Gasteiger partial charge in [0.05, 0.1) is 6.61 Å². The molecule has 0 rings (SSSR count). The van der Waals surface area contributed by atoms with Crippen molar-refractivity contribution in [1.29, 1.82) is 0 Å². The molecule has 0 atom stereocenters. The van der Waals surface area contributed by atoms with Crippen molar-refractivity contribution in [2.24, 2.45) is 0 Å². The van der Waals surface area contributed by atoms with Crippen LogP contribution in [-0.4, -0.2) is 35.2 Å². The molecule has 4 heteroatoms. The lowest BCUT2D eigenvalue weighted by molar-refractivity contribution is -0.134.